The number of fused-ring (bicyclic) bond motifs is 1. The third-order valence-electron chi connectivity index (χ3n) is 5.88. The van der Waals surface area contributed by atoms with Crippen molar-refractivity contribution in [3.05, 3.63) is 71.0 Å². The first-order valence-electron chi connectivity index (χ1n) is 9.71. The minimum absolute atomic E-state index is 0.174. The average molecular weight is 398 g/mol. The van der Waals surface area contributed by atoms with Crippen LogP contribution in [0.3, 0.4) is 0 Å². The highest BCUT2D eigenvalue weighted by molar-refractivity contribution is 5.80. The zero-order valence-electron chi connectivity index (χ0n) is 15.8. The number of ether oxygens (including phenoxy) is 1. The van der Waals surface area contributed by atoms with Crippen LogP contribution in [0.15, 0.2) is 48.5 Å². The largest absolute Gasteiger partial charge is 0.461 e. The van der Waals surface area contributed by atoms with Crippen LogP contribution in [-0.2, 0) is 9.53 Å². The van der Waals surface area contributed by atoms with Crippen LogP contribution in [-0.4, -0.2) is 41.2 Å². The van der Waals surface area contributed by atoms with Gasteiger partial charge in [0.05, 0.1) is 12.0 Å². The Labute approximate surface area is 168 Å². The molecule has 0 spiro atoms. The predicted molar refractivity (Wildman–Crippen MR) is 104 cm³/mol. The number of aliphatic hydroxyl groups is 1. The lowest BCUT2D eigenvalue weighted by Gasteiger charge is -2.38. The normalized spacial score (nSPS) is 26.1. The minimum Gasteiger partial charge on any atom is -0.461 e. The fourth-order valence-corrected chi connectivity index (χ4v) is 4.37. The van der Waals surface area contributed by atoms with Crippen molar-refractivity contribution in [2.45, 2.75) is 36.9 Å². The Balaban J connectivity index is 1.55. The maximum atomic E-state index is 13.7. The van der Waals surface area contributed by atoms with Crippen LogP contribution in [0, 0.1) is 5.82 Å². The lowest BCUT2D eigenvalue weighted by Crippen LogP contribution is -2.48. The van der Waals surface area contributed by atoms with Gasteiger partial charge in [-0.3, -0.25) is 4.79 Å². The quantitative estimate of drug-likeness (QED) is 0.778. The van der Waals surface area contributed by atoms with E-state index in [1.54, 1.807) is 4.90 Å². The SMILES string of the molecule is NC(=O)N1CCC(OC(=O)C2CC(O)c3ccc(F)cc32)C(c2ccccc2)C1. The van der Waals surface area contributed by atoms with Gasteiger partial charge in [-0.05, 0) is 35.2 Å². The van der Waals surface area contributed by atoms with Gasteiger partial charge in [0, 0.05) is 25.4 Å². The number of hydrogen-bond acceptors (Lipinski definition) is 4. The molecule has 4 atom stereocenters. The molecule has 0 radical (unpaired) electrons. The summed E-state index contributed by atoms with van der Waals surface area (Å²) >= 11 is 0. The smallest absolute Gasteiger partial charge is 0.314 e. The molecule has 3 N–H and O–H groups in total. The van der Waals surface area contributed by atoms with Gasteiger partial charge in [0.2, 0.25) is 0 Å². The summed E-state index contributed by atoms with van der Waals surface area (Å²) in [5.74, 6) is -1.85. The standard InChI is InChI=1S/C22H23FN2O4/c23-14-6-7-15-16(10-14)17(11-19(15)26)21(27)29-20-8-9-25(22(24)28)12-18(20)13-4-2-1-3-5-13/h1-7,10,17-20,26H,8-9,11-12H2,(H2,24,28). The maximum Gasteiger partial charge on any atom is 0.314 e. The molecule has 0 aromatic heterocycles. The average Bonchev–Trinajstić information content (AvgIpc) is 3.04. The van der Waals surface area contributed by atoms with E-state index in [1.807, 2.05) is 30.3 Å². The Hall–Kier alpha value is -2.93. The zero-order chi connectivity index (χ0) is 20.5. The molecule has 29 heavy (non-hydrogen) atoms. The molecule has 6 nitrogen and oxygen atoms in total. The van der Waals surface area contributed by atoms with Crippen LogP contribution in [0.2, 0.25) is 0 Å². The van der Waals surface area contributed by atoms with E-state index >= 15 is 0 Å². The van der Waals surface area contributed by atoms with E-state index in [9.17, 15) is 19.1 Å². The first-order chi connectivity index (χ1) is 13.9. The Morgan fingerprint density at radius 1 is 1.14 bits per heavy atom. The van der Waals surface area contributed by atoms with Crippen molar-refractivity contribution in [3.63, 3.8) is 0 Å². The number of nitrogens with zero attached hydrogens (tertiary/aromatic N) is 1. The fraction of sp³-hybridized carbons (Fsp3) is 0.364. The molecule has 1 aliphatic carbocycles. The number of urea groups is 1. The van der Waals surface area contributed by atoms with Gasteiger partial charge in [0.25, 0.3) is 0 Å². The molecule has 2 aromatic rings. The van der Waals surface area contributed by atoms with Gasteiger partial charge < -0.3 is 20.5 Å². The molecule has 1 saturated heterocycles. The van der Waals surface area contributed by atoms with Crippen LogP contribution in [0.1, 0.15) is 47.5 Å². The Kier molecular flexibility index (Phi) is 5.24. The van der Waals surface area contributed by atoms with Gasteiger partial charge in [0.1, 0.15) is 11.9 Å². The summed E-state index contributed by atoms with van der Waals surface area (Å²) in [4.78, 5) is 26.2. The number of aliphatic hydroxyl groups excluding tert-OH is 1. The Morgan fingerprint density at radius 2 is 1.90 bits per heavy atom. The number of benzene rings is 2. The van der Waals surface area contributed by atoms with Gasteiger partial charge in [-0.1, -0.05) is 36.4 Å². The van der Waals surface area contributed by atoms with Crippen LogP contribution < -0.4 is 5.73 Å². The number of carbonyl (C=O) groups excluding carboxylic acids is 2. The molecule has 2 amide bonds. The predicted octanol–water partition coefficient (Wildman–Crippen LogP) is 2.83. The molecule has 4 rings (SSSR count). The van der Waals surface area contributed by atoms with Crippen LogP contribution in [0.25, 0.3) is 0 Å². The molecule has 4 unspecified atom stereocenters. The van der Waals surface area contributed by atoms with Crippen molar-refractivity contribution in [2.75, 3.05) is 13.1 Å². The van der Waals surface area contributed by atoms with Gasteiger partial charge in [-0.15, -0.1) is 0 Å². The van der Waals surface area contributed by atoms with Crippen molar-refractivity contribution < 1.29 is 23.8 Å². The first kappa shape index (κ1) is 19.4. The number of halogens is 1. The van der Waals surface area contributed by atoms with E-state index in [0.717, 1.165) is 5.56 Å². The van der Waals surface area contributed by atoms with Gasteiger partial charge in [-0.25, -0.2) is 9.18 Å². The molecule has 1 aliphatic heterocycles. The summed E-state index contributed by atoms with van der Waals surface area (Å²) in [5, 5.41) is 10.2. The van der Waals surface area contributed by atoms with Crippen LogP contribution in [0.4, 0.5) is 9.18 Å². The van der Waals surface area contributed by atoms with E-state index in [-0.39, 0.29) is 12.3 Å². The van der Waals surface area contributed by atoms with E-state index in [2.05, 4.69) is 0 Å². The maximum absolute atomic E-state index is 13.7. The number of esters is 1. The van der Waals surface area contributed by atoms with E-state index in [4.69, 9.17) is 10.5 Å². The third kappa shape index (κ3) is 3.82. The highest BCUT2D eigenvalue weighted by atomic mass is 19.1. The zero-order valence-corrected chi connectivity index (χ0v) is 15.8. The number of nitrogens with two attached hydrogens (primary N) is 1. The second kappa shape index (κ2) is 7.83. The second-order valence-electron chi connectivity index (χ2n) is 7.64. The monoisotopic (exact) mass is 398 g/mol. The molecule has 2 aliphatic rings. The molecular weight excluding hydrogens is 375 g/mol. The van der Waals surface area contributed by atoms with Crippen molar-refractivity contribution in [1.29, 1.82) is 0 Å². The van der Waals surface area contributed by atoms with Crippen molar-refractivity contribution in [2.24, 2.45) is 5.73 Å². The summed E-state index contributed by atoms with van der Waals surface area (Å²) in [6.07, 6.45) is -0.618. The molecular formula is C22H23FN2O4. The second-order valence-corrected chi connectivity index (χ2v) is 7.64. The summed E-state index contributed by atoms with van der Waals surface area (Å²) in [6, 6.07) is 13.1. The van der Waals surface area contributed by atoms with E-state index in [1.165, 1.54) is 18.2 Å². The summed E-state index contributed by atoms with van der Waals surface area (Å²) in [5.41, 5.74) is 7.45. The number of piperidine rings is 1. The van der Waals surface area contributed by atoms with Crippen LogP contribution in [0.5, 0.6) is 0 Å². The van der Waals surface area contributed by atoms with Crippen molar-refractivity contribution >= 4 is 12.0 Å². The molecule has 7 heteroatoms. The number of primary amides is 1. The van der Waals surface area contributed by atoms with Gasteiger partial charge in [-0.2, -0.15) is 0 Å². The lowest BCUT2D eigenvalue weighted by atomic mass is 9.87. The summed E-state index contributed by atoms with van der Waals surface area (Å²) < 4.78 is 19.6. The minimum atomic E-state index is -0.815. The molecule has 1 fully saturated rings. The number of carbonyl (C=O) groups is 2. The van der Waals surface area contributed by atoms with E-state index < -0.39 is 35.9 Å². The summed E-state index contributed by atoms with van der Waals surface area (Å²) in [7, 11) is 0. The molecule has 1 heterocycles. The molecule has 0 saturated carbocycles. The van der Waals surface area contributed by atoms with Crippen molar-refractivity contribution in [1.82, 2.24) is 4.90 Å². The van der Waals surface area contributed by atoms with E-state index in [0.29, 0.717) is 30.6 Å². The Morgan fingerprint density at radius 3 is 2.62 bits per heavy atom. The summed E-state index contributed by atoms with van der Waals surface area (Å²) in [6.45, 7) is 0.755. The lowest BCUT2D eigenvalue weighted by molar-refractivity contribution is -0.154. The van der Waals surface area contributed by atoms with Crippen LogP contribution >= 0.6 is 0 Å². The highest BCUT2D eigenvalue weighted by Gasteiger charge is 2.40. The topological polar surface area (TPSA) is 92.9 Å². The number of rotatable bonds is 3. The number of likely N-dealkylation sites (tertiary alicyclic amines) is 1. The molecule has 2 aromatic carbocycles. The Bertz CT molecular complexity index is 920. The molecule has 152 valence electrons. The number of hydrogen-bond donors (Lipinski definition) is 2. The molecule has 0 bridgehead atoms. The first-order valence-corrected chi connectivity index (χ1v) is 9.71. The van der Waals surface area contributed by atoms with Crippen molar-refractivity contribution in [3.8, 4) is 0 Å². The fourth-order valence-electron chi connectivity index (χ4n) is 4.37. The van der Waals surface area contributed by atoms with Gasteiger partial charge >= 0.3 is 12.0 Å². The third-order valence-corrected chi connectivity index (χ3v) is 5.88. The number of amides is 2. The van der Waals surface area contributed by atoms with Gasteiger partial charge in [0.15, 0.2) is 0 Å². The highest BCUT2D eigenvalue weighted by Crippen LogP contribution is 2.42.